The van der Waals surface area contributed by atoms with Crippen molar-refractivity contribution < 1.29 is 9.26 Å². The van der Waals surface area contributed by atoms with E-state index in [0.29, 0.717) is 18.4 Å². The van der Waals surface area contributed by atoms with Crippen LogP contribution in [-0.4, -0.2) is 17.8 Å². The van der Waals surface area contributed by atoms with Crippen LogP contribution >= 0.6 is 0 Å². The molecule has 3 aliphatic rings. The minimum absolute atomic E-state index is 0.213. The Kier molecular flexibility index (Phi) is 4.02. The lowest BCUT2D eigenvalue weighted by Crippen LogP contribution is -2.38. The first-order valence-electron chi connectivity index (χ1n) is 8.78. The third-order valence-corrected chi connectivity index (χ3v) is 5.47. The maximum atomic E-state index is 11.1. The lowest BCUT2D eigenvalue weighted by Gasteiger charge is -2.42. The number of aromatic nitrogens is 1. The van der Waals surface area contributed by atoms with Gasteiger partial charge in [-0.15, -0.1) is 0 Å². The van der Waals surface area contributed by atoms with Crippen molar-refractivity contribution in [3.05, 3.63) is 40.2 Å². The molecule has 1 aromatic rings. The van der Waals surface area contributed by atoms with Crippen LogP contribution in [0.5, 0.6) is 0 Å². The molecule has 0 amide bonds. The van der Waals surface area contributed by atoms with E-state index in [2.05, 4.69) is 10.5 Å². The Bertz CT molecular complexity index is 658. The Labute approximate surface area is 135 Å². The number of hydrogen-bond donors (Lipinski definition) is 2. The number of rotatable bonds is 4. The topological polar surface area (TPSA) is 67.3 Å². The van der Waals surface area contributed by atoms with Gasteiger partial charge in [0.25, 0.3) is 5.56 Å². The van der Waals surface area contributed by atoms with E-state index in [1.165, 1.54) is 51.0 Å². The van der Waals surface area contributed by atoms with Crippen molar-refractivity contribution in [2.75, 3.05) is 6.54 Å². The first-order valence-corrected chi connectivity index (χ1v) is 8.78. The van der Waals surface area contributed by atoms with Gasteiger partial charge in [-0.3, -0.25) is 4.79 Å². The van der Waals surface area contributed by atoms with Gasteiger partial charge in [-0.25, -0.2) is 0 Å². The first-order chi connectivity index (χ1) is 11.3. The number of dihydropyridines is 1. The average Bonchev–Trinajstić information content (AvgIpc) is 2.98. The Balaban J connectivity index is 1.28. The molecule has 2 N–H and O–H groups in total. The molecule has 0 bridgehead atoms. The maximum Gasteiger partial charge on any atom is 0.280 e. The number of nitrogens with one attached hydrogen (secondary N) is 2. The summed E-state index contributed by atoms with van der Waals surface area (Å²) in [6.07, 6.45) is 13.8. The summed E-state index contributed by atoms with van der Waals surface area (Å²) in [5, 5.41) is 5.58. The Morgan fingerprint density at radius 1 is 1.09 bits per heavy atom. The van der Waals surface area contributed by atoms with Crippen LogP contribution in [0.3, 0.4) is 0 Å². The predicted octanol–water partition coefficient (Wildman–Crippen LogP) is 3.17. The molecule has 2 aliphatic carbocycles. The lowest BCUT2D eigenvalue weighted by molar-refractivity contribution is -0.0245. The van der Waals surface area contributed by atoms with Gasteiger partial charge in [0, 0.05) is 12.1 Å². The zero-order chi connectivity index (χ0) is 15.6. The molecule has 0 aromatic carbocycles. The van der Waals surface area contributed by atoms with Crippen molar-refractivity contribution >= 4 is 5.57 Å². The third kappa shape index (κ3) is 3.23. The first kappa shape index (κ1) is 14.7. The summed E-state index contributed by atoms with van der Waals surface area (Å²) in [6.45, 7) is 0.616. The summed E-state index contributed by atoms with van der Waals surface area (Å²) >= 11 is 0. The molecule has 124 valence electrons. The van der Waals surface area contributed by atoms with Gasteiger partial charge in [0.05, 0.1) is 6.07 Å². The molecule has 1 aliphatic heterocycles. The monoisotopic (exact) mass is 316 g/mol. The van der Waals surface area contributed by atoms with Crippen LogP contribution < -0.4 is 10.9 Å². The van der Waals surface area contributed by atoms with Gasteiger partial charge in [-0.2, -0.15) is 5.16 Å². The fraction of sp³-hybridized carbons (Fsp3) is 0.611. The van der Waals surface area contributed by atoms with Gasteiger partial charge in [0.1, 0.15) is 6.10 Å². The second-order valence-electron chi connectivity index (χ2n) is 7.02. The molecule has 2 heterocycles. The standard InChI is InChI=1S/C18H24N2O3/c21-17-10-16(23-20-17)13-6-7-18(19-11-13)22-15-8-14(9-15)12-4-2-1-3-5-12/h6-7,10,12,14-15,19H,1-5,8-9,11H2,(H,20,21). The van der Waals surface area contributed by atoms with Crippen LogP contribution in [0.1, 0.15) is 50.7 Å². The number of ether oxygens (including phenoxy) is 1. The predicted molar refractivity (Wildman–Crippen MR) is 87.6 cm³/mol. The van der Waals surface area contributed by atoms with Crippen LogP contribution in [0.15, 0.2) is 33.4 Å². The lowest BCUT2D eigenvalue weighted by atomic mass is 9.68. The fourth-order valence-corrected chi connectivity index (χ4v) is 4.04. The van der Waals surface area contributed by atoms with Crippen molar-refractivity contribution in [3.8, 4) is 0 Å². The molecule has 4 rings (SSSR count). The number of aromatic amines is 1. The summed E-state index contributed by atoms with van der Waals surface area (Å²) in [4.78, 5) is 11.1. The molecule has 5 nitrogen and oxygen atoms in total. The summed E-state index contributed by atoms with van der Waals surface area (Å²) in [5.74, 6) is 3.24. The van der Waals surface area contributed by atoms with Gasteiger partial charge in [-0.05, 0) is 36.8 Å². The highest BCUT2D eigenvalue weighted by molar-refractivity contribution is 5.65. The molecular formula is C18H24N2O3. The Hall–Kier alpha value is -1.91. The van der Waals surface area contributed by atoms with Crippen molar-refractivity contribution in [1.82, 2.24) is 10.5 Å². The highest BCUT2D eigenvalue weighted by atomic mass is 16.5. The van der Waals surface area contributed by atoms with E-state index in [-0.39, 0.29) is 5.56 Å². The van der Waals surface area contributed by atoms with Crippen LogP contribution in [0.2, 0.25) is 0 Å². The zero-order valence-electron chi connectivity index (χ0n) is 13.3. The molecule has 0 radical (unpaired) electrons. The van der Waals surface area contributed by atoms with Gasteiger partial charge < -0.3 is 14.6 Å². The summed E-state index contributed by atoms with van der Waals surface area (Å²) in [7, 11) is 0. The highest BCUT2D eigenvalue weighted by Crippen LogP contribution is 2.42. The van der Waals surface area contributed by atoms with Crippen LogP contribution in [0.25, 0.3) is 5.57 Å². The number of allylic oxidation sites excluding steroid dienone is 2. The van der Waals surface area contributed by atoms with E-state index >= 15 is 0 Å². The van der Waals surface area contributed by atoms with E-state index in [9.17, 15) is 4.79 Å². The average molecular weight is 316 g/mol. The van der Waals surface area contributed by atoms with Gasteiger partial charge in [0.15, 0.2) is 11.6 Å². The quantitative estimate of drug-likeness (QED) is 0.895. The molecule has 5 heteroatoms. The van der Waals surface area contributed by atoms with E-state index in [4.69, 9.17) is 9.26 Å². The van der Waals surface area contributed by atoms with Crippen molar-refractivity contribution in [3.63, 3.8) is 0 Å². The van der Waals surface area contributed by atoms with Crippen LogP contribution in [0, 0.1) is 11.8 Å². The molecule has 0 saturated heterocycles. The number of hydrogen-bond acceptors (Lipinski definition) is 4. The zero-order valence-corrected chi connectivity index (χ0v) is 13.3. The molecule has 2 saturated carbocycles. The molecule has 0 atom stereocenters. The molecule has 2 fully saturated rings. The van der Waals surface area contributed by atoms with E-state index < -0.39 is 0 Å². The molecule has 0 spiro atoms. The van der Waals surface area contributed by atoms with Crippen LogP contribution in [0.4, 0.5) is 0 Å². The Morgan fingerprint density at radius 2 is 1.91 bits per heavy atom. The second-order valence-corrected chi connectivity index (χ2v) is 7.02. The molecule has 0 unspecified atom stereocenters. The van der Waals surface area contributed by atoms with Crippen molar-refractivity contribution in [2.24, 2.45) is 11.8 Å². The van der Waals surface area contributed by atoms with Crippen molar-refractivity contribution in [2.45, 2.75) is 51.0 Å². The van der Waals surface area contributed by atoms with Crippen LogP contribution in [-0.2, 0) is 4.74 Å². The third-order valence-electron chi connectivity index (χ3n) is 5.47. The summed E-state index contributed by atoms with van der Waals surface area (Å²) in [5.41, 5.74) is 0.736. The van der Waals surface area contributed by atoms with E-state index in [1.807, 2.05) is 12.2 Å². The van der Waals surface area contributed by atoms with Gasteiger partial charge in [-0.1, -0.05) is 32.1 Å². The Morgan fingerprint density at radius 3 is 2.57 bits per heavy atom. The molecule has 1 aromatic heterocycles. The fourth-order valence-electron chi connectivity index (χ4n) is 4.04. The normalized spacial score (nSPS) is 28.3. The highest BCUT2D eigenvalue weighted by Gasteiger charge is 2.37. The summed E-state index contributed by atoms with van der Waals surface area (Å²) in [6, 6.07) is 1.47. The van der Waals surface area contributed by atoms with Crippen molar-refractivity contribution in [1.29, 1.82) is 0 Å². The summed E-state index contributed by atoms with van der Waals surface area (Å²) < 4.78 is 11.2. The largest absolute Gasteiger partial charge is 0.476 e. The smallest absolute Gasteiger partial charge is 0.280 e. The van der Waals surface area contributed by atoms with Gasteiger partial charge >= 0.3 is 0 Å². The second kappa shape index (κ2) is 6.30. The van der Waals surface area contributed by atoms with E-state index in [1.54, 1.807) is 0 Å². The minimum Gasteiger partial charge on any atom is -0.476 e. The molecular weight excluding hydrogens is 292 g/mol. The van der Waals surface area contributed by atoms with E-state index in [0.717, 1.165) is 23.3 Å². The maximum absolute atomic E-state index is 11.1. The minimum atomic E-state index is -0.213. The SMILES string of the molecule is O=c1cc(C2=CC=C(OC3CC(C4CCCCC4)C3)NC2)o[nH]1. The molecule has 23 heavy (non-hydrogen) atoms. The number of H-pyrrole nitrogens is 1. The van der Waals surface area contributed by atoms with Gasteiger partial charge in [0.2, 0.25) is 0 Å².